The molecule has 2 amide bonds. The predicted molar refractivity (Wildman–Crippen MR) is 76.0 cm³/mol. The molecule has 2 unspecified atom stereocenters. The van der Waals surface area contributed by atoms with Crippen LogP contribution in [0.1, 0.15) is 32.8 Å². The van der Waals surface area contributed by atoms with Crippen LogP contribution in [0.2, 0.25) is 0 Å². The summed E-state index contributed by atoms with van der Waals surface area (Å²) in [4.78, 5) is 30.2. The van der Waals surface area contributed by atoms with Crippen LogP contribution >= 0.6 is 0 Å². The molecule has 1 aliphatic rings. The minimum Gasteiger partial charge on any atom is -0.340 e. The highest BCUT2D eigenvalue weighted by Crippen LogP contribution is 2.21. The Balaban J connectivity index is 2.12. The van der Waals surface area contributed by atoms with Gasteiger partial charge in [0.1, 0.15) is 11.6 Å². The Labute approximate surface area is 119 Å². The fourth-order valence-electron chi connectivity index (χ4n) is 2.40. The minimum atomic E-state index is -0.776. The fraction of sp³-hybridized carbons (Fsp3) is 0.533. The maximum Gasteiger partial charge on any atom is 0.248 e. The second-order valence-corrected chi connectivity index (χ2v) is 5.45. The van der Waals surface area contributed by atoms with Crippen LogP contribution in [0.3, 0.4) is 0 Å². The van der Waals surface area contributed by atoms with E-state index in [-0.39, 0.29) is 11.8 Å². The maximum atomic E-state index is 12.6. The molecule has 0 radical (unpaired) electrons. The van der Waals surface area contributed by atoms with Crippen LogP contribution in [0, 0.1) is 0 Å². The third-order valence-electron chi connectivity index (χ3n) is 4.08. The molecule has 0 aromatic carbocycles. The molecule has 1 saturated heterocycles. The second-order valence-electron chi connectivity index (χ2n) is 5.45. The zero-order valence-electron chi connectivity index (χ0n) is 12.2. The Kier molecular flexibility index (Phi) is 4.06. The zero-order chi connectivity index (χ0) is 14.8. The van der Waals surface area contributed by atoms with Crippen LogP contribution in [-0.2, 0) is 16.0 Å². The van der Waals surface area contributed by atoms with Crippen molar-refractivity contribution in [3.05, 3.63) is 30.1 Å². The first-order chi connectivity index (χ1) is 9.48. The lowest BCUT2D eigenvalue weighted by molar-refractivity contribution is -0.153. The number of nitrogens with one attached hydrogen (secondary N) is 1. The first-order valence-corrected chi connectivity index (χ1v) is 7.00. The number of aromatic nitrogens is 1. The van der Waals surface area contributed by atoms with Crippen LogP contribution in [0.25, 0.3) is 0 Å². The number of nitrogens with zero attached hydrogens (tertiary/aromatic N) is 2. The Morgan fingerprint density at radius 1 is 1.35 bits per heavy atom. The third-order valence-corrected chi connectivity index (χ3v) is 4.08. The molecule has 0 spiro atoms. The first kappa shape index (κ1) is 14.5. The van der Waals surface area contributed by atoms with Gasteiger partial charge in [0.15, 0.2) is 0 Å². The highest BCUT2D eigenvalue weighted by atomic mass is 16.2. The molecular formula is C15H21N3O2. The van der Waals surface area contributed by atoms with E-state index in [1.807, 2.05) is 19.1 Å². The van der Waals surface area contributed by atoms with E-state index in [1.54, 1.807) is 31.1 Å². The van der Waals surface area contributed by atoms with Crippen molar-refractivity contribution < 1.29 is 9.59 Å². The van der Waals surface area contributed by atoms with Crippen molar-refractivity contribution in [1.82, 2.24) is 15.2 Å². The van der Waals surface area contributed by atoms with Crippen molar-refractivity contribution in [3.63, 3.8) is 0 Å². The molecule has 1 aliphatic heterocycles. The van der Waals surface area contributed by atoms with E-state index in [0.29, 0.717) is 13.0 Å². The van der Waals surface area contributed by atoms with Gasteiger partial charge in [-0.05, 0) is 44.4 Å². The van der Waals surface area contributed by atoms with Gasteiger partial charge in [0, 0.05) is 18.9 Å². The van der Waals surface area contributed by atoms with Gasteiger partial charge in [-0.15, -0.1) is 0 Å². The summed E-state index contributed by atoms with van der Waals surface area (Å²) in [5.74, 6) is -0.0789. The number of hydrogen-bond donors (Lipinski definition) is 1. The number of amides is 2. The predicted octanol–water partition coefficient (Wildman–Crippen LogP) is 1.14. The molecule has 2 atom stereocenters. The number of rotatable bonds is 4. The lowest BCUT2D eigenvalue weighted by atomic mass is 9.92. The van der Waals surface area contributed by atoms with E-state index >= 15 is 0 Å². The van der Waals surface area contributed by atoms with Gasteiger partial charge >= 0.3 is 0 Å². The third kappa shape index (κ3) is 2.66. The molecule has 0 saturated carbocycles. The summed E-state index contributed by atoms with van der Waals surface area (Å²) >= 11 is 0. The standard InChI is InChI=1S/C15H21N3O2/c1-4-15(3)14(20)18(11(2)13(19)17-15)10-7-12-5-8-16-9-6-12/h5-6,8-9,11H,4,7,10H2,1-3H3,(H,17,19). The highest BCUT2D eigenvalue weighted by Gasteiger charge is 2.44. The van der Waals surface area contributed by atoms with Crippen molar-refractivity contribution in [2.24, 2.45) is 0 Å². The van der Waals surface area contributed by atoms with Crippen LogP contribution in [0.15, 0.2) is 24.5 Å². The summed E-state index contributed by atoms with van der Waals surface area (Å²) in [6, 6.07) is 3.44. The molecule has 108 valence electrons. The Hall–Kier alpha value is -1.91. The second kappa shape index (κ2) is 5.61. The van der Waals surface area contributed by atoms with E-state index in [0.717, 1.165) is 12.0 Å². The normalized spacial score (nSPS) is 26.6. The largest absolute Gasteiger partial charge is 0.340 e. The number of carbonyl (C=O) groups excluding carboxylic acids is 2. The lowest BCUT2D eigenvalue weighted by Gasteiger charge is -2.43. The fourth-order valence-corrected chi connectivity index (χ4v) is 2.40. The quantitative estimate of drug-likeness (QED) is 0.896. The van der Waals surface area contributed by atoms with Crippen LogP contribution in [0.5, 0.6) is 0 Å². The molecular weight excluding hydrogens is 254 g/mol. The zero-order valence-corrected chi connectivity index (χ0v) is 12.2. The summed E-state index contributed by atoms with van der Waals surface area (Å²) in [6.07, 6.45) is 4.79. The molecule has 2 heterocycles. The summed E-state index contributed by atoms with van der Waals surface area (Å²) in [7, 11) is 0. The first-order valence-electron chi connectivity index (χ1n) is 7.00. The average Bonchev–Trinajstić information content (AvgIpc) is 2.46. The van der Waals surface area contributed by atoms with E-state index in [4.69, 9.17) is 0 Å². The van der Waals surface area contributed by atoms with Gasteiger partial charge in [0.25, 0.3) is 0 Å². The molecule has 1 aromatic rings. The Morgan fingerprint density at radius 2 is 2.00 bits per heavy atom. The molecule has 5 heteroatoms. The van der Waals surface area contributed by atoms with Crippen molar-refractivity contribution >= 4 is 11.8 Å². The minimum absolute atomic E-state index is 0.00107. The Bertz CT molecular complexity index is 503. The topological polar surface area (TPSA) is 62.3 Å². The molecule has 0 aliphatic carbocycles. The van der Waals surface area contributed by atoms with Gasteiger partial charge < -0.3 is 10.2 Å². The van der Waals surface area contributed by atoms with Gasteiger partial charge in [-0.25, -0.2) is 0 Å². The van der Waals surface area contributed by atoms with Crippen LogP contribution in [0.4, 0.5) is 0 Å². The van der Waals surface area contributed by atoms with Crippen molar-refractivity contribution in [2.75, 3.05) is 6.54 Å². The maximum absolute atomic E-state index is 12.6. The lowest BCUT2D eigenvalue weighted by Crippen LogP contribution is -2.68. The van der Waals surface area contributed by atoms with E-state index in [1.165, 1.54) is 0 Å². The number of piperazine rings is 1. The van der Waals surface area contributed by atoms with Gasteiger partial charge in [-0.1, -0.05) is 6.92 Å². The summed E-state index contributed by atoms with van der Waals surface area (Å²) < 4.78 is 0. The average molecular weight is 275 g/mol. The van der Waals surface area contributed by atoms with Crippen LogP contribution in [-0.4, -0.2) is 39.8 Å². The van der Waals surface area contributed by atoms with E-state index < -0.39 is 11.6 Å². The van der Waals surface area contributed by atoms with Crippen LogP contribution < -0.4 is 5.32 Å². The molecule has 1 N–H and O–H groups in total. The number of pyridine rings is 1. The van der Waals surface area contributed by atoms with Gasteiger partial charge in [-0.2, -0.15) is 0 Å². The molecule has 1 fully saturated rings. The molecule has 1 aromatic heterocycles. The molecule has 20 heavy (non-hydrogen) atoms. The molecule has 0 bridgehead atoms. The van der Waals surface area contributed by atoms with Gasteiger partial charge in [0.2, 0.25) is 11.8 Å². The summed E-state index contributed by atoms with van der Waals surface area (Å²) in [5, 5.41) is 2.83. The van der Waals surface area contributed by atoms with Gasteiger partial charge in [-0.3, -0.25) is 14.6 Å². The Morgan fingerprint density at radius 3 is 2.60 bits per heavy atom. The van der Waals surface area contributed by atoms with E-state index in [9.17, 15) is 9.59 Å². The number of carbonyl (C=O) groups is 2. The van der Waals surface area contributed by atoms with Crippen molar-refractivity contribution in [2.45, 2.75) is 45.2 Å². The van der Waals surface area contributed by atoms with E-state index in [2.05, 4.69) is 10.3 Å². The monoisotopic (exact) mass is 275 g/mol. The van der Waals surface area contributed by atoms with Gasteiger partial charge in [0.05, 0.1) is 0 Å². The molecule has 5 nitrogen and oxygen atoms in total. The SMILES string of the molecule is CCC1(C)NC(=O)C(C)N(CCc2ccncc2)C1=O. The smallest absolute Gasteiger partial charge is 0.248 e. The van der Waals surface area contributed by atoms with Crippen molar-refractivity contribution in [3.8, 4) is 0 Å². The number of hydrogen-bond acceptors (Lipinski definition) is 3. The summed E-state index contributed by atoms with van der Waals surface area (Å²) in [5.41, 5.74) is 0.339. The summed E-state index contributed by atoms with van der Waals surface area (Å²) in [6.45, 7) is 6.02. The van der Waals surface area contributed by atoms with Crippen molar-refractivity contribution in [1.29, 1.82) is 0 Å². The highest BCUT2D eigenvalue weighted by molar-refractivity contribution is 5.99. The molecule has 2 rings (SSSR count).